The van der Waals surface area contributed by atoms with Crippen LogP contribution in [-0.2, 0) is 0 Å². The van der Waals surface area contributed by atoms with E-state index in [0.29, 0.717) is 12.0 Å². The van der Waals surface area contributed by atoms with E-state index in [4.69, 9.17) is 0 Å². The third-order valence-electron chi connectivity index (χ3n) is 10.9. The first-order valence-electron chi connectivity index (χ1n) is 21.8. The van der Waals surface area contributed by atoms with E-state index in [0.717, 1.165) is 0 Å². The minimum atomic E-state index is 0.619. The molecular weight excluding hydrogens is 556 g/mol. The number of imidazole rings is 1. The summed E-state index contributed by atoms with van der Waals surface area (Å²) in [5, 5.41) is 0. The molecule has 1 aromatic rings. The van der Waals surface area contributed by atoms with Gasteiger partial charge in [0.15, 0.2) is 0 Å². The Kier molecular flexibility index (Phi) is 32.0. The van der Waals surface area contributed by atoms with Gasteiger partial charge in [-0.1, -0.05) is 220 Å². The van der Waals surface area contributed by atoms with Gasteiger partial charge < -0.3 is 0 Å². The molecule has 0 saturated heterocycles. The molecule has 2 nitrogen and oxygen atoms in total. The van der Waals surface area contributed by atoms with Crippen LogP contribution < -0.4 is 4.57 Å². The zero-order valence-corrected chi connectivity index (χ0v) is 32.5. The van der Waals surface area contributed by atoms with Gasteiger partial charge in [0.05, 0.1) is 12.0 Å². The molecule has 1 N–H and O–H groups in total. The number of aromatic amines is 1. The van der Waals surface area contributed by atoms with Crippen LogP contribution in [-0.4, -0.2) is 4.98 Å². The quantitative estimate of drug-likeness (QED) is 0.0550. The Balaban J connectivity index is 2.23. The van der Waals surface area contributed by atoms with Crippen LogP contribution in [0.15, 0.2) is 12.4 Å². The summed E-state index contributed by atoms with van der Waals surface area (Å²) in [5.41, 5.74) is 0. The summed E-state index contributed by atoms with van der Waals surface area (Å²) in [4.78, 5) is 3.74. The Labute approximate surface area is 291 Å². The topological polar surface area (TPSA) is 19.7 Å². The number of nitrogens with one attached hydrogen (secondary N) is 1. The highest BCUT2D eigenvalue weighted by atomic mass is 15.1. The highest BCUT2D eigenvalue weighted by molar-refractivity contribution is 4.90. The third-order valence-corrected chi connectivity index (χ3v) is 10.9. The molecule has 1 rings (SSSR count). The molecule has 0 bridgehead atoms. The Morgan fingerprint density at radius 1 is 0.413 bits per heavy atom. The van der Waals surface area contributed by atoms with Crippen molar-refractivity contribution < 1.29 is 4.57 Å². The third kappa shape index (κ3) is 25.3. The lowest BCUT2D eigenvalue weighted by Gasteiger charge is -2.17. The summed E-state index contributed by atoms with van der Waals surface area (Å²) >= 11 is 0. The van der Waals surface area contributed by atoms with Gasteiger partial charge in [-0.25, -0.2) is 9.55 Å². The molecule has 0 aliphatic carbocycles. The number of rotatable bonds is 37. The van der Waals surface area contributed by atoms with Crippen molar-refractivity contribution in [2.75, 3.05) is 0 Å². The van der Waals surface area contributed by atoms with Crippen molar-refractivity contribution in [1.82, 2.24) is 4.98 Å². The van der Waals surface area contributed by atoms with Crippen molar-refractivity contribution in [2.24, 2.45) is 0 Å². The van der Waals surface area contributed by atoms with Gasteiger partial charge in [-0.05, 0) is 32.6 Å². The molecule has 0 aliphatic rings. The first-order chi connectivity index (χ1) is 22.7. The minimum absolute atomic E-state index is 0.619. The summed E-state index contributed by atoms with van der Waals surface area (Å²) in [6, 6.07) is 0.619. The van der Waals surface area contributed by atoms with Crippen LogP contribution in [0.3, 0.4) is 0 Å². The van der Waals surface area contributed by atoms with Crippen LogP contribution in [0.2, 0.25) is 0 Å². The number of aromatic nitrogens is 2. The molecule has 0 spiro atoms. The molecular formula is C44H87N2+. The van der Waals surface area contributed by atoms with E-state index in [1.807, 2.05) is 0 Å². The molecule has 2 heteroatoms. The van der Waals surface area contributed by atoms with E-state index in [-0.39, 0.29) is 0 Å². The first kappa shape index (κ1) is 43.2. The molecule has 1 heterocycles. The lowest BCUT2D eigenvalue weighted by molar-refractivity contribution is -0.727. The van der Waals surface area contributed by atoms with Crippen LogP contribution in [0, 0.1) is 0 Å². The summed E-state index contributed by atoms with van der Waals surface area (Å²) in [6.45, 7) is 9.43. The number of unbranched alkanes of at least 4 members (excludes halogenated alkanes) is 29. The first-order valence-corrected chi connectivity index (χ1v) is 21.8. The van der Waals surface area contributed by atoms with Gasteiger partial charge in [-0.15, -0.1) is 0 Å². The molecule has 0 saturated carbocycles. The fourth-order valence-electron chi connectivity index (χ4n) is 7.66. The molecule has 2 unspecified atom stereocenters. The Morgan fingerprint density at radius 2 is 0.696 bits per heavy atom. The molecule has 0 aliphatic heterocycles. The maximum atomic E-state index is 3.74. The van der Waals surface area contributed by atoms with Gasteiger partial charge in [0.1, 0.15) is 12.4 Å². The van der Waals surface area contributed by atoms with Crippen LogP contribution in [0.5, 0.6) is 0 Å². The van der Waals surface area contributed by atoms with Crippen molar-refractivity contribution >= 4 is 0 Å². The molecule has 0 amide bonds. The molecule has 0 fully saturated rings. The molecule has 0 radical (unpaired) electrons. The lowest BCUT2D eigenvalue weighted by atomic mass is 9.93. The molecule has 1 aromatic heterocycles. The van der Waals surface area contributed by atoms with E-state index in [1.165, 1.54) is 231 Å². The number of H-pyrrole nitrogens is 1. The average Bonchev–Trinajstić information content (AvgIpc) is 3.56. The minimum Gasteiger partial charge on any atom is -0.247 e. The second kappa shape index (κ2) is 34.1. The van der Waals surface area contributed by atoms with Crippen molar-refractivity contribution in [3.8, 4) is 0 Å². The van der Waals surface area contributed by atoms with Gasteiger partial charge in [0.2, 0.25) is 0 Å². The Bertz CT molecular complexity index is 709. The standard InChI is InChI=1S/C44H86N2/c1-5-8-11-14-16-18-20-22-23-25-26-28-30-32-34-37-42(4)46-41-40-45-44(46)43(38-35-13-10-7-3)39-36-33-31-29-27-24-21-19-17-15-12-9-6-2/h40-43H,5-39H2,1-4H3/p+1. The Hall–Kier alpha value is -0.790. The Morgan fingerprint density at radius 3 is 1.04 bits per heavy atom. The van der Waals surface area contributed by atoms with E-state index in [9.17, 15) is 0 Å². The summed E-state index contributed by atoms with van der Waals surface area (Å²) in [7, 11) is 0. The van der Waals surface area contributed by atoms with Gasteiger partial charge in [-0.2, -0.15) is 0 Å². The van der Waals surface area contributed by atoms with Crippen molar-refractivity contribution in [3.05, 3.63) is 18.2 Å². The maximum absolute atomic E-state index is 3.74. The predicted octanol–water partition coefficient (Wildman–Crippen LogP) is 15.7. The summed E-state index contributed by atoms with van der Waals surface area (Å²) < 4.78 is 2.64. The van der Waals surface area contributed by atoms with Gasteiger partial charge in [-0.3, -0.25) is 0 Å². The summed E-state index contributed by atoms with van der Waals surface area (Å²) in [6.07, 6.45) is 54.7. The smallest absolute Gasteiger partial charge is 0.247 e. The second-order valence-electron chi connectivity index (χ2n) is 15.4. The lowest BCUT2D eigenvalue weighted by Crippen LogP contribution is -2.41. The largest absolute Gasteiger partial charge is 0.257 e. The molecule has 2 atom stereocenters. The number of hydrogen-bond acceptors (Lipinski definition) is 0. The molecule has 0 aromatic carbocycles. The van der Waals surface area contributed by atoms with Gasteiger partial charge >= 0.3 is 0 Å². The summed E-state index contributed by atoms with van der Waals surface area (Å²) in [5.74, 6) is 2.24. The van der Waals surface area contributed by atoms with Crippen molar-refractivity contribution in [3.63, 3.8) is 0 Å². The fourth-order valence-corrected chi connectivity index (χ4v) is 7.66. The zero-order valence-electron chi connectivity index (χ0n) is 32.5. The van der Waals surface area contributed by atoms with Crippen molar-refractivity contribution in [2.45, 2.75) is 264 Å². The van der Waals surface area contributed by atoms with Gasteiger partial charge in [0, 0.05) is 0 Å². The highest BCUT2D eigenvalue weighted by Crippen LogP contribution is 2.27. The number of nitrogens with zero attached hydrogens (tertiary/aromatic N) is 1. The second-order valence-corrected chi connectivity index (χ2v) is 15.4. The van der Waals surface area contributed by atoms with Crippen LogP contribution >= 0.6 is 0 Å². The van der Waals surface area contributed by atoms with E-state index in [1.54, 1.807) is 0 Å². The number of hydrogen-bond donors (Lipinski definition) is 1. The normalized spacial score (nSPS) is 13.0. The fraction of sp³-hybridized carbons (Fsp3) is 0.932. The van der Waals surface area contributed by atoms with E-state index >= 15 is 0 Å². The van der Waals surface area contributed by atoms with Crippen LogP contribution in [0.25, 0.3) is 0 Å². The molecule has 272 valence electrons. The van der Waals surface area contributed by atoms with Crippen LogP contribution in [0.4, 0.5) is 0 Å². The predicted molar refractivity (Wildman–Crippen MR) is 207 cm³/mol. The zero-order chi connectivity index (χ0) is 33.2. The SMILES string of the molecule is CCCCCCCCCCCCCCCCCC(C)[n+]1cc[nH]c1C(CCCCCC)CCCCCCCCCCCCCCC. The molecule has 46 heavy (non-hydrogen) atoms. The van der Waals surface area contributed by atoms with E-state index in [2.05, 4.69) is 49.6 Å². The monoisotopic (exact) mass is 644 g/mol. The van der Waals surface area contributed by atoms with Gasteiger partial charge in [0.25, 0.3) is 5.82 Å². The van der Waals surface area contributed by atoms with E-state index < -0.39 is 0 Å². The highest BCUT2D eigenvalue weighted by Gasteiger charge is 2.25. The average molecular weight is 644 g/mol. The van der Waals surface area contributed by atoms with Crippen molar-refractivity contribution in [1.29, 1.82) is 0 Å². The maximum Gasteiger partial charge on any atom is 0.257 e. The van der Waals surface area contributed by atoms with Crippen LogP contribution in [0.1, 0.15) is 270 Å².